The maximum absolute atomic E-state index is 12.8. The van der Waals surface area contributed by atoms with Gasteiger partial charge >= 0.3 is 4.87 Å². The van der Waals surface area contributed by atoms with Crippen molar-refractivity contribution in [2.24, 2.45) is 7.05 Å². The molecule has 1 aromatic heterocycles. The van der Waals surface area contributed by atoms with Crippen LogP contribution in [0.3, 0.4) is 0 Å². The van der Waals surface area contributed by atoms with Gasteiger partial charge in [-0.15, -0.1) is 0 Å². The molecule has 0 saturated heterocycles. The third-order valence-electron chi connectivity index (χ3n) is 4.68. The first-order valence-corrected chi connectivity index (χ1v) is 11.0. The maximum atomic E-state index is 12.8. The van der Waals surface area contributed by atoms with Crippen molar-refractivity contribution in [3.8, 4) is 0 Å². The summed E-state index contributed by atoms with van der Waals surface area (Å²) in [6.07, 6.45) is 0. The van der Waals surface area contributed by atoms with E-state index in [0.717, 1.165) is 22.4 Å². The molecule has 7 heteroatoms. The van der Waals surface area contributed by atoms with Gasteiger partial charge in [-0.05, 0) is 41.7 Å². The predicted molar refractivity (Wildman–Crippen MR) is 111 cm³/mol. The first kappa shape index (κ1) is 19.8. The van der Waals surface area contributed by atoms with Crippen molar-refractivity contribution < 1.29 is 8.42 Å². The molecule has 0 fully saturated rings. The highest BCUT2D eigenvalue weighted by Crippen LogP contribution is 2.25. The van der Waals surface area contributed by atoms with Crippen LogP contribution in [0.25, 0.3) is 10.2 Å². The van der Waals surface area contributed by atoms with Crippen molar-refractivity contribution >= 4 is 31.6 Å². The molecule has 1 heterocycles. The smallest absolute Gasteiger partial charge is 0.302 e. The number of nitrogens with one attached hydrogen (secondary N) is 1. The standard InChI is InChI=1S/C20H24N2O3S2/c1-13(14-6-8-15(9-7-14)20(2,3)4)21-27(24,25)16-10-11-17-18(12-16)26-19(23)22(17)5/h6-13,21H,1-5H3/t13-/m0/s1. The van der Waals surface area contributed by atoms with Gasteiger partial charge in [0.05, 0.1) is 15.1 Å². The Balaban J connectivity index is 1.86. The van der Waals surface area contributed by atoms with E-state index in [1.807, 2.05) is 31.2 Å². The second-order valence-electron chi connectivity index (χ2n) is 7.77. The van der Waals surface area contributed by atoms with Crippen molar-refractivity contribution in [1.82, 2.24) is 9.29 Å². The number of thiazole rings is 1. The molecule has 0 aliphatic heterocycles. The number of fused-ring (bicyclic) bond motifs is 1. The third kappa shape index (κ3) is 4.00. The molecule has 0 unspecified atom stereocenters. The monoisotopic (exact) mass is 404 g/mol. The Morgan fingerprint density at radius 2 is 1.70 bits per heavy atom. The summed E-state index contributed by atoms with van der Waals surface area (Å²) in [5.74, 6) is 0. The zero-order chi connectivity index (χ0) is 20.0. The van der Waals surface area contributed by atoms with E-state index in [4.69, 9.17) is 0 Å². The van der Waals surface area contributed by atoms with E-state index < -0.39 is 10.0 Å². The number of hydrogen-bond acceptors (Lipinski definition) is 4. The third-order valence-corrected chi connectivity index (χ3v) is 7.22. The summed E-state index contributed by atoms with van der Waals surface area (Å²) in [7, 11) is -2.02. The van der Waals surface area contributed by atoms with E-state index in [2.05, 4.69) is 25.5 Å². The summed E-state index contributed by atoms with van der Waals surface area (Å²) in [4.78, 5) is 11.8. The average Bonchev–Trinajstić information content (AvgIpc) is 2.88. The molecular formula is C20H24N2O3S2. The van der Waals surface area contributed by atoms with Gasteiger partial charge in [-0.3, -0.25) is 4.79 Å². The van der Waals surface area contributed by atoms with Crippen molar-refractivity contribution in [2.45, 2.75) is 44.0 Å². The molecule has 0 aliphatic carbocycles. The van der Waals surface area contributed by atoms with Gasteiger partial charge in [0.1, 0.15) is 0 Å². The lowest BCUT2D eigenvalue weighted by atomic mass is 9.86. The highest BCUT2D eigenvalue weighted by atomic mass is 32.2. The first-order chi connectivity index (χ1) is 12.5. The Morgan fingerprint density at radius 1 is 1.07 bits per heavy atom. The number of aromatic nitrogens is 1. The molecule has 3 aromatic rings. The van der Waals surface area contributed by atoms with Crippen LogP contribution in [0.4, 0.5) is 0 Å². The molecule has 3 rings (SSSR count). The molecule has 0 saturated carbocycles. The van der Waals surface area contributed by atoms with Crippen LogP contribution in [0.15, 0.2) is 52.2 Å². The molecule has 0 spiro atoms. The Bertz CT molecular complexity index is 1130. The van der Waals surface area contributed by atoms with Gasteiger partial charge in [-0.25, -0.2) is 13.1 Å². The normalized spacial score (nSPS) is 13.8. The lowest BCUT2D eigenvalue weighted by Gasteiger charge is -2.20. The van der Waals surface area contributed by atoms with E-state index in [1.165, 1.54) is 16.2 Å². The summed E-state index contributed by atoms with van der Waals surface area (Å²) in [6.45, 7) is 8.25. The number of benzene rings is 2. The molecule has 0 bridgehead atoms. The van der Waals surface area contributed by atoms with E-state index in [0.29, 0.717) is 4.70 Å². The van der Waals surface area contributed by atoms with E-state index in [9.17, 15) is 13.2 Å². The SMILES string of the molecule is C[C@H](NS(=O)(=O)c1ccc2c(c1)sc(=O)n2C)c1ccc(C(C)(C)C)cc1. The zero-order valence-corrected chi connectivity index (χ0v) is 17.7. The molecule has 2 aromatic carbocycles. The molecule has 1 atom stereocenters. The van der Waals surface area contributed by atoms with E-state index in [-0.39, 0.29) is 21.2 Å². The number of hydrogen-bond donors (Lipinski definition) is 1. The second-order valence-corrected chi connectivity index (χ2v) is 10.5. The van der Waals surface area contributed by atoms with Crippen LogP contribution in [0.1, 0.15) is 44.9 Å². The molecule has 144 valence electrons. The molecule has 27 heavy (non-hydrogen) atoms. The molecular weight excluding hydrogens is 380 g/mol. The molecule has 0 amide bonds. The van der Waals surface area contributed by atoms with Crippen LogP contribution in [0.5, 0.6) is 0 Å². The molecule has 1 N–H and O–H groups in total. The summed E-state index contributed by atoms with van der Waals surface area (Å²) in [5.41, 5.74) is 2.88. The highest BCUT2D eigenvalue weighted by Gasteiger charge is 2.20. The van der Waals surface area contributed by atoms with Gasteiger partial charge in [0.2, 0.25) is 10.0 Å². The minimum absolute atomic E-state index is 0.0496. The largest absolute Gasteiger partial charge is 0.307 e. The van der Waals surface area contributed by atoms with Crippen molar-refractivity contribution in [2.75, 3.05) is 0 Å². The Labute approximate surface area is 163 Å². The fourth-order valence-corrected chi connectivity index (χ4v) is 5.17. The summed E-state index contributed by atoms with van der Waals surface area (Å²) in [5, 5.41) is 0. The molecule has 0 radical (unpaired) electrons. The Morgan fingerprint density at radius 3 is 2.30 bits per heavy atom. The minimum Gasteiger partial charge on any atom is -0.302 e. The first-order valence-electron chi connectivity index (χ1n) is 8.71. The van der Waals surface area contributed by atoms with Crippen LogP contribution < -0.4 is 9.60 Å². The lowest BCUT2D eigenvalue weighted by molar-refractivity contribution is 0.566. The predicted octanol–water partition coefficient (Wildman–Crippen LogP) is 3.94. The lowest BCUT2D eigenvalue weighted by Crippen LogP contribution is -2.27. The second kappa shape index (κ2) is 6.89. The molecule has 0 aliphatic rings. The Kier molecular flexibility index (Phi) is 5.05. The van der Waals surface area contributed by atoms with Gasteiger partial charge < -0.3 is 4.57 Å². The fraction of sp³-hybridized carbons (Fsp3) is 0.350. The maximum Gasteiger partial charge on any atom is 0.307 e. The topological polar surface area (TPSA) is 68.2 Å². The number of aryl methyl sites for hydroxylation is 1. The number of sulfonamides is 1. The van der Waals surface area contributed by atoms with E-state index in [1.54, 1.807) is 19.2 Å². The van der Waals surface area contributed by atoms with Crippen LogP contribution in [0.2, 0.25) is 0 Å². The number of rotatable bonds is 4. The van der Waals surface area contributed by atoms with Crippen molar-refractivity contribution in [3.63, 3.8) is 0 Å². The minimum atomic E-state index is -3.70. The van der Waals surface area contributed by atoms with Gasteiger partial charge in [-0.1, -0.05) is 56.4 Å². The fourth-order valence-electron chi connectivity index (χ4n) is 2.92. The average molecular weight is 405 g/mol. The van der Waals surface area contributed by atoms with Gasteiger partial charge in [0.15, 0.2) is 0 Å². The summed E-state index contributed by atoms with van der Waals surface area (Å²) >= 11 is 1.04. The van der Waals surface area contributed by atoms with Gasteiger partial charge in [-0.2, -0.15) is 0 Å². The zero-order valence-electron chi connectivity index (χ0n) is 16.1. The quantitative estimate of drug-likeness (QED) is 0.716. The van der Waals surface area contributed by atoms with Gasteiger partial charge in [0, 0.05) is 13.1 Å². The van der Waals surface area contributed by atoms with Crippen LogP contribution in [-0.2, 0) is 22.5 Å². The van der Waals surface area contributed by atoms with Crippen LogP contribution in [0, 0.1) is 0 Å². The van der Waals surface area contributed by atoms with Crippen molar-refractivity contribution in [3.05, 3.63) is 63.3 Å². The summed E-state index contributed by atoms with van der Waals surface area (Å²) in [6, 6.07) is 12.4. The molecule has 5 nitrogen and oxygen atoms in total. The number of nitrogens with zero attached hydrogens (tertiary/aromatic N) is 1. The van der Waals surface area contributed by atoms with Crippen LogP contribution in [-0.4, -0.2) is 13.0 Å². The van der Waals surface area contributed by atoms with Crippen molar-refractivity contribution in [1.29, 1.82) is 0 Å². The van der Waals surface area contributed by atoms with Gasteiger partial charge in [0.25, 0.3) is 0 Å². The highest BCUT2D eigenvalue weighted by molar-refractivity contribution is 7.89. The summed E-state index contributed by atoms with van der Waals surface area (Å²) < 4.78 is 30.5. The van der Waals surface area contributed by atoms with Crippen LogP contribution >= 0.6 is 11.3 Å². The Hall–Kier alpha value is -1.96. The van der Waals surface area contributed by atoms with E-state index >= 15 is 0 Å².